The van der Waals surface area contributed by atoms with Crippen LogP contribution in [0.1, 0.15) is 21.6 Å². The van der Waals surface area contributed by atoms with E-state index in [1.54, 1.807) is 18.2 Å². The van der Waals surface area contributed by atoms with Gasteiger partial charge in [-0.1, -0.05) is 0 Å². The molecule has 2 aromatic heterocycles. The number of pyridine rings is 1. The zero-order valence-electron chi connectivity index (χ0n) is 11.2. The van der Waals surface area contributed by atoms with Crippen molar-refractivity contribution in [1.82, 2.24) is 14.8 Å². The number of carbonyl (C=O) groups is 1. The van der Waals surface area contributed by atoms with Crippen LogP contribution in [0.15, 0.2) is 42.7 Å². The van der Waals surface area contributed by atoms with Gasteiger partial charge in [0.2, 0.25) is 0 Å². The van der Waals surface area contributed by atoms with E-state index in [1.165, 1.54) is 23.1 Å². The van der Waals surface area contributed by atoms with Gasteiger partial charge in [-0.25, -0.2) is 0 Å². The van der Waals surface area contributed by atoms with Crippen LogP contribution in [-0.2, 0) is 12.7 Å². The number of hydrogen-bond acceptors (Lipinski definition) is 3. The fourth-order valence-corrected chi connectivity index (χ4v) is 2.27. The van der Waals surface area contributed by atoms with E-state index in [-0.39, 0.29) is 12.2 Å². The van der Waals surface area contributed by atoms with Gasteiger partial charge in [-0.3, -0.25) is 14.5 Å². The number of aldehydes is 1. The maximum atomic E-state index is 13.0. The van der Waals surface area contributed by atoms with Crippen molar-refractivity contribution >= 4 is 17.2 Å². The molecule has 22 heavy (non-hydrogen) atoms. The zero-order chi connectivity index (χ0) is 15.7. The predicted octanol–water partition coefficient (Wildman–Crippen LogP) is 3.31. The van der Waals surface area contributed by atoms with Crippen LogP contribution >= 0.6 is 0 Å². The molecule has 0 spiro atoms. The maximum absolute atomic E-state index is 13.0. The number of hydrogen-bond donors (Lipinski definition) is 0. The molecule has 7 heteroatoms. The minimum Gasteiger partial charge on any atom is -0.298 e. The third-order valence-corrected chi connectivity index (χ3v) is 3.30. The van der Waals surface area contributed by atoms with Crippen LogP contribution in [0.25, 0.3) is 10.9 Å². The Hall–Kier alpha value is -2.70. The number of nitrogens with zero attached hydrogens (tertiary/aromatic N) is 3. The number of halogens is 3. The van der Waals surface area contributed by atoms with E-state index in [2.05, 4.69) is 10.1 Å². The summed E-state index contributed by atoms with van der Waals surface area (Å²) in [5, 5.41) is 4.77. The summed E-state index contributed by atoms with van der Waals surface area (Å²) in [5.41, 5.74) is 0.257. The summed E-state index contributed by atoms with van der Waals surface area (Å²) in [4.78, 5) is 14.6. The second kappa shape index (κ2) is 5.25. The lowest BCUT2D eigenvalue weighted by atomic mass is 10.1. The molecule has 0 saturated carbocycles. The van der Waals surface area contributed by atoms with E-state index in [0.29, 0.717) is 22.8 Å². The molecular weight excluding hydrogens is 295 g/mol. The summed E-state index contributed by atoms with van der Waals surface area (Å²) in [6, 6.07) is 7.14. The van der Waals surface area contributed by atoms with Crippen LogP contribution in [0.3, 0.4) is 0 Å². The molecule has 0 atom stereocenters. The average molecular weight is 305 g/mol. The second-order valence-corrected chi connectivity index (χ2v) is 4.73. The minimum atomic E-state index is -4.46. The molecule has 0 fully saturated rings. The van der Waals surface area contributed by atoms with Gasteiger partial charge < -0.3 is 0 Å². The molecule has 0 aliphatic carbocycles. The number of fused-ring (bicyclic) bond motifs is 1. The highest BCUT2D eigenvalue weighted by Gasteiger charge is 2.33. The van der Waals surface area contributed by atoms with Crippen molar-refractivity contribution in [3.63, 3.8) is 0 Å². The summed E-state index contributed by atoms with van der Waals surface area (Å²) in [6.45, 7) is -0.0976. The van der Waals surface area contributed by atoms with Gasteiger partial charge in [-0.05, 0) is 30.3 Å². The van der Waals surface area contributed by atoms with Crippen molar-refractivity contribution in [3.8, 4) is 0 Å². The van der Waals surface area contributed by atoms with Gasteiger partial charge in [0.1, 0.15) is 6.29 Å². The first kappa shape index (κ1) is 14.2. The normalized spacial score (nSPS) is 11.8. The number of carbonyl (C=O) groups excluding carboxylic acids is 1. The van der Waals surface area contributed by atoms with Crippen molar-refractivity contribution in [1.29, 1.82) is 0 Å². The highest BCUT2D eigenvalue weighted by atomic mass is 19.4. The van der Waals surface area contributed by atoms with E-state index in [1.807, 2.05) is 0 Å². The lowest BCUT2D eigenvalue weighted by molar-refractivity contribution is -0.138. The first-order chi connectivity index (χ1) is 10.5. The molecule has 3 rings (SSSR count). The van der Waals surface area contributed by atoms with Crippen LogP contribution in [0, 0.1) is 0 Å². The lowest BCUT2D eigenvalue weighted by Gasteiger charge is -2.12. The van der Waals surface area contributed by atoms with Gasteiger partial charge in [-0.15, -0.1) is 0 Å². The highest BCUT2D eigenvalue weighted by Crippen LogP contribution is 2.31. The van der Waals surface area contributed by atoms with Crippen molar-refractivity contribution in [2.75, 3.05) is 0 Å². The maximum Gasteiger partial charge on any atom is 0.418 e. The Labute approximate surface area is 123 Å². The van der Waals surface area contributed by atoms with Gasteiger partial charge in [0.05, 0.1) is 29.5 Å². The van der Waals surface area contributed by atoms with Crippen molar-refractivity contribution in [2.24, 2.45) is 0 Å². The molecule has 0 aliphatic heterocycles. The Kier molecular flexibility index (Phi) is 3.40. The van der Waals surface area contributed by atoms with Gasteiger partial charge in [-0.2, -0.15) is 18.3 Å². The largest absolute Gasteiger partial charge is 0.418 e. The Morgan fingerprint density at radius 1 is 1.23 bits per heavy atom. The minimum absolute atomic E-state index is 0.0976. The van der Waals surface area contributed by atoms with Crippen LogP contribution < -0.4 is 0 Å². The van der Waals surface area contributed by atoms with Gasteiger partial charge in [0.15, 0.2) is 0 Å². The molecule has 3 aromatic rings. The highest BCUT2D eigenvalue weighted by molar-refractivity contribution is 5.86. The summed E-state index contributed by atoms with van der Waals surface area (Å²) >= 11 is 0. The summed E-state index contributed by atoms with van der Waals surface area (Å²) in [7, 11) is 0. The van der Waals surface area contributed by atoms with Gasteiger partial charge in [0, 0.05) is 17.1 Å². The van der Waals surface area contributed by atoms with Gasteiger partial charge >= 0.3 is 6.18 Å². The zero-order valence-corrected chi connectivity index (χ0v) is 11.2. The smallest absolute Gasteiger partial charge is 0.298 e. The van der Waals surface area contributed by atoms with Gasteiger partial charge in [0.25, 0.3) is 0 Å². The number of rotatable bonds is 3. The topological polar surface area (TPSA) is 47.8 Å². The molecule has 0 radical (unpaired) electrons. The standard InChI is InChI=1S/C15H10F3N3O/c16-15(17,18)12-2-1-5-19-13(12)8-21-14-4-3-10(9-22)6-11(14)7-20-21/h1-7,9H,8H2. The van der Waals surface area contributed by atoms with Crippen LogP contribution in [0.4, 0.5) is 13.2 Å². The van der Waals surface area contributed by atoms with E-state index >= 15 is 0 Å². The summed E-state index contributed by atoms with van der Waals surface area (Å²) < 4.78 is 40.4. The molecule has 4 nitrogen and oxygen atoms in total. The third kappa shape index (κ3) is 2.57. The molecule has 0 N–H and O–H groups in total. The molecule has 0 aliphatic rings. The monoisotopic (exact) mass is 305 g/mol. The van der Waals surface area contributed by atoms with Crippen LogP contribution in [0.2, 0.25) is 0 Å². The Bertz CT molecular complexity index is 839. The molecular formula is C15H10F3N3O. The number of alkyl halides is 3. The van der Waals surface area contributed by atoms with Crippen LogP contribution in [-0.4, -0.2) is 21.1 Å². The quantitative estimate of drug-likeness (QED) is 0.697. The molecule has 112 valence electrons. The van der Waals surface area contributed by atoms with Crippen LogP contribution in [0.5, 0.6) is 0 Å². The van der Waals surface area contributed by atoms with Crippen molar-refractivity contribution < 1.29 is 18.0 Å². The average Bonchev–Trinajstić information content (AvgIpc) is 2.89. The fourth-order valence-electron chi connectivity index (χ4n) is 2.27. The molecule has 2 heterocycles. The number of aromatic nitrogens is 3. The van der Waals surface area contributed by atoms with E-state index in [4.69, 9.17) is 0 Å². The first-order valence-corrected chi connectivity index (χ1v) is 6.41. The Balaban J connectivity index is 2.03. The molecule has 0 amide bonds. The summed E-state index contributed by atoms with van der Waals surface area (Å²) in [6.07, 6.45) is -0.923. The third-order valence-electron chi connectivity index (χ3n) is 3.30. The van der Waals surface area contributed by atoms with E-state index in [0.717, 1.165) is 6.07 Å². The fraction of sp³-hybridized carbons (Fsp3) is 0.133. The Morgan fingerprint density at radius 3 is 2.77 bits per heavy atom. The SMILES string of the molecule is O=Cc1ccc2c(cnn2Cc2ncccc2C(F)(F)F)c1. The first-order valence-electron chi connectivity index (χ1n) is 6.41. The molecule has 0 unspecified atom stereocenters. The Morgan fingerprint density at radius 2 is 2.05 bits per heavy atom. The van der Waals surface area contributed by atoms with Crippen molar-refractivity contribution in [2.45, 2.75) is 12.7 Å². The molecule has 0 saturated heterocycles. The molecule has 0 bridgehead atoms. The lowest BCUT2D eigenvalue weighted by Crippen LogP contribution is -2.13. The second-order valence-electron chi connectivity index (χ2n) is 4.73. The molecule has 1 aromatic carbocycles. The summed E-state index contributed by atoms with van der Waals surface area (Å²) in [5.74, 6) is 0. The van der Waals surface area contributed by atoms with E-state index < -0.39 is 11.7 Å². The van der Waals surface area contributed by atoms with E-state index in [9.17, 15) is 18.0 Å². The van der Waals surface area contributed by atoms with Crippen molar-refractivity contribution in [3.05, 3.63) is 59.5 Å². The predicted molar refractivity (Wildman–Crippen MR) is 73.5 cm³/mol. The number of benzene rings is 1.